The zero-order chi connectivity index (χ0) is 22.5. The first-order chi connectivity index (χ1) is 15.5. The summed E-state index contributed by atoms with van der Waals surface area (Å²) in [6.45, 7) is 3.60. The van der Waals surface area contributed by atoms with E-state index in [0.29, 0.717) is 47.6 Å². The first kappa shape index (κ1) is 22.5. The van der Waals surface area contributed by atoms with Crippen LogP contribution in [-0.4, -0.2) is 52.3 Å². The maximum absolute atomic E-state index is 12.5. The summed E-state index contributed by atoms with van der Waals surface area (Å²) in [5.74, 6) is -0.671. The van der Waals surface area contributed by atoms with Gasteiger partial charge in [0.05, 0.1) is 36.5 Å². The van der Waals surface area contributed by atoms with Crippen molar-refractivity contribution < 1.29 is 19.1 Å². The predicted molar refractivity (Wildman–Crippen MR) is 124 cm³/mol. The molecular formula is C20H21N5O4S3. The number of nitrogens with zero attached hydrogens (tertiary/aromatic N) is 3. The number of nitrogens with one attached hydrogen (secondary N) is 2. The van der Waals surface area contributed by atoms with E-state index >= 15 is 0 Å². The first-order valence-electron chi connectivity index (χ1n) is 9.94. The molecule has 32 heavy (non-hydrogen) atoms. The molecule has 0 unspecified atom stereocenters. The van der Waals surface area contributed by atoms with Crippen LogP contribution in [0.4, 0.5) is 10.3 Å². The summed E-state index contributed by atoms with van der Waals surface area (Å²) in [7, 11) is 0. The Morgan fingerprint density at radius 3 is 2.84 bits per heavy atom. The molecule has 1 aliphatic heterocycles. The van der Waals surface area contributed by atoms with Gasteiger partial charge in [0, 0.05) is 35.1 Å². The Morgan fingerprint density at radius 2 is 2.06 bits per heavy atom. The molecule has 0 saturated heterocycles. The molecule has 2 amide bonds. The molecule has 2 N–H and O–H groups in total. The smallest absolute Gasteiger partial charge is 0.311 e. The second kappa shape index (κ2) is 10.3. The molecule has 0 spiro atoms. The maximum atomic E-state index is 12.5. The van der Waals surface area contributed by atoms with Gasteiger partial charge in [0.15, 0.2) is 10.3 Å². The van der Waals surface area contributed by atoms with Gasteiger partial charge in [-0.3, -0.25) is 24.6 Å². The molecule has 0 saturated carbocycles. The van der Waals surface area contributed by atoms with Crippen molar-refractivity contribution in [1.29, 1.82) is 0 Å². The molecular weight excluding hydrogens is 470 g/mol. The van der Waals surface area contributed by atoms with Crippen LogP contribution in [0.1, 0.15) is 33.5 Å². The highest BCUT2D eigenvalue weighted by atomic mass is 32.1. The molecule has 3 aromatic rings. The number of hydrogen-bond donors (Lipinski definition) is 2. The third-order valence-electron chi connectivity index (χ3n) is 4.61. The highest BCUT2D eigenvalue weighted by Gasteiger charge is 2.23. The zero-order valence-electron chi connectivity index (χ0n) is 17.3. The average Bonchev–Trinajstić information content (AvgIpc) is 3.48. The molecule has 4 heterocycles. The fraction of sp³-hybridized carbons (Fsp3) is 0.350. The fourth-order valence-electron chi connectivity index (χ4n) is 3.17. The van der Waals surface area contributed by atoms with E-state index in [4.69, 9.17) is 4.74 Å². The van der Waals surface area contributed by atoms with Crippen LogP contribution in [0.5, 0.6) is 0 Å². The van der Waals surface area contributed by atoms with Crippen molar-refractivity contribution in [2.24, 2.45) is 0 Å². The topological polar surface area (TPSA) is 114 Å². The van der Waals surface area contributed by atoms with Crippen molar-refractivity contribution in [1.82, 2.24) is 14.9 Å². The normalized spacial score (nSPS) is 13.4. The number of anilines is 2. The molecule has 0 aliphatic carbocycles. The van der Waals surface area contributed by atoms with Crippen LogP contribution >= 0.6 is 34.0 Å². The molecule has 1 aliphatic rings. The molecule has 0 bridgehead atoms. The Morgan fingerprint density at radius 1 is 1.19 bits per heavy atom. The number of aromatic nitrogens is 2. The number of amides is 2. The Balaban J connectivity index is 1.28. The van der Waals surface area contributed by atoms with Gasteiger partial charge in [-0.2, -0.15) is 11.3 Å². The Kier molecular flexibility index (Phi) is 7.25. The molecule has 0 radical (unpaired) electrons. The lowest BCUT2D eigenvalue weighted by atomic mass is 10.2. The van der Waals surface area contributed by atoms with E-state index in [1.165, 1.54) is 34.0 Å². The van der Waals surface area contributed by atoms with Crippen molar-refractivity contribution in [3.8, 4) is 0 Å². The largest absolute Gasteiger partial charge is 0.466 e. The van der Waals surface area contributed by atoms with Gasteiger partial charge >= 0.3 is 5.97 Å². The minimum absolute atomic E-state index is 0.0891. The van der Waals surface area contributed by atoms with Crippen molar-refractivity contribution in [2.75, 3.05) is 30.3 Å². The number of fused-ring (bicyclic) bond motifs is 1. The molecule has 4 rings (SSSR count). The summed E-state index contributed by atoms with van der Waals surface area (Å²) in [4.78, 5) is 48.1. The average molecular weight is 492 g/mol. The lowest BCUT2D eigenvalue weighted by Crippen LogP contribution is -2.36. The van der Waals surface area contributed by atoms with Gasteiger partial charge in [0.25, 0.3) is 5.91 Å². The molecule has 0 atom stereocenters. The number of ether oxygens (including phenoxy) is 1. The third kappa shape index (κ3) is 5.76. The first-order valence-corrected chi connectivity index (χ1v) is 12.6. The van der Waals surface area contributed by atoms with Crippen molar-refractivity contribution in [2.45, 2.75) is 26.3 Å². The number of carbonyl (C=O) groups is 3. The second-order valence-corrected chi connectivity index (χ2v) is 9.71. The standard InChI is InChI=1S/C20H21N5O4S3/c1-2-29-17(27)7-13-11-31-19(21-13)23-16(26)9-25-5-3-14-15(8-25)32-20(22-14)24-18(28)12-4-6-30-10-12/h4,6,10-11H,2-3,5,7-9H2,1H3,(H,21,23,26)(H,22,24,28). The van der Waals surface area contributed by atoms with Crippen molar-refractivity contribution in [3.63, 3.8) is 0 Å². The van der Waals surface area contributed by atoms with Gasteiger partial charge in [-0.25, -0.2) is 9.97 Å². The minimum atomic E-state index is -0.338. The van der Waals surface area contributed by atoms with Crippen LogP contribution in [0.3, 0.4) is 0 Å². The number of hydrogen-bond acceptors (Lipinski definition) is 10. The van der Waals surface area contributed by atoms with E-state index in [1.54, 1.807) is 23.8 Å². The monoisotopic (exact) mass is 491 g/mol. The van der Waals surface area contributed by atoms with Gasteiger partial charge in [-0.15, -0.1) is 22.7 Å². The minimum Gasteiger partial charge on any atom is -0.466 e. The lowest BCUT2D eigenvalue weighted by Gasteiger charge is -2.24. The number of carbonyl (C=O) groups excluding carboxylic acids is 3. The van der Waals surface area contributed by atoms with E-state index in [0.717, 1.165) is 10.6 Å². The van der Waals surface area contributed by atoms with Gasteiger partial charge in [0.1, 0.15) is 0 Å². The van der Waals surface area contributed by atoms with Crippen LogP contribution in [0.15, 0.2) is 22.2 Å². The van der Waals surface area contributed by atoms with Crippen LogP contribution in [-0.2, 0) is 33.7 Å². The summed E-state index contributed by atoms with van der Waals surface area (Å²) in [6, 6.07) is 1.77. The Bertz CT molecular complexity index is 1110. The van der Waals surface area contributed by atoms with Crippen molar-refractivity contribution >= 4 is 62.1 Å². The van der Waals surface area contributed by atoms with E-state index in [2.05, 4.69) is 20.6 Å². The number of thiophene rings is 1. The summed E-state index contributed by atoms with van der Waals surface area (Å²) >= 11 is 4.19. The molecule has 12 heteroatoms. The zero-order valence-corrected chi connectivity index (χ0v) is 19.7. The number of rotatable bonds is 8. The number of thiazole rings is 2. The Hall–Kier alpha value is -2.67. The highest BCUT2D eigenvalue weighted by molar-refractivity contribution is 7.16. The van der Waals surface area contributed by atoms with E-state index in [9.17, 15) is 14.4 Å². The van der Waals surface area contributed by atoms with Crippen LogP contribution in [0.2, 0.25) is 0 Å². The summed E-state index contributed by atoms with van der Waals surface area (Å²) < 4.78 is 4.91. The molecule has 9 nitrogen and oxygen atoms in total. The summed E-state index contributed by atoms with van der Waals surface area (Å²) in [6.07, 6.45) is 0.806. The van der Waals surface area contributed by atoms with Crippen LogP contribution in [0.25, 0.3) is 0 Å². The van der Waals surface area contributed by atoms with Gasteiger partial charge in [-0.1, -0.05) is 0 Å². The molecule has 168 valence electrons. The van der Waals surface area contributed by atoms with Crippen molar-refractivity contribution in [3.05, 3.63) is 44.0 Å². The van der Waals surface area contributed by atoms with E-state index in [1.807, 2.05) is 10.3 Å². The number of esters is 1. The van der Waals surface area contributed by atoms with E-state index in [-0.39, 0.29) is 30.7 Å². The molecule has 0 fully saturated rings. The SMILES string of the molecule is CCOC(=O)Cc1csc(NC(=O)CN2CCc3nc(NC(=O)c4ccsc4)sc3C2)n1. The predicted octanol–water partition coefficient (Wildman–Crippen LogP) is 3.02. The molecule has 3 aromatic heterocycles. The third-order valence-corrected chi connectivity index (χ3v) is 7.10. The molecule has 0 aromatic carbocycles. The van der Waals surface area contributed by atoms with Crippen LogP contribution < -0.4 is 10.6 Å². The fourth-order valence-corrected chi connectivity index (χ4v) is 5.58. The summed E-state index contributed by atoms with van der Waals surface area (Å²) in [5.41, 5.74) is 2.16. The van der Waals surface area contributed by atoms with Crippen LogP contribution in [0, 0.1) is 0 Å². The van der Waals surface area contributed by atoms with Gasteiger partial charge in [0.2, 0.25) is 5.91 Å². The lowest BCUT2D eigenvalue weighted by molar-refractivity contribution is -0.142. The highest BCUT2D eigenvalue weighted by Crippen LogP contribution is 2.28. The van der Waals surface area contributed by atoms with Gasteiger partial charge in [-0.05, 0) is 18.4 Å². The van der Waals surface area contributed by atoms with E-state index < -0.39 is 0 Å². The second-order valence-electron chi connectivity index (χ2n) is 6.99. The van der Waals surface area contributed by atoms with Gasteiger partial charge < -0.3 is 10.1 Å². The quantitative estimate of drug-likeness (QED) is 0.466. The maximum Gasteiger partial charge on any atom is 0.311 e. The Labute approximate surface area is 196 Å². The summed E-state index contributed by atoms with van der Waals surface area (Å²) in [5, 5.41) is 12.1.